The highest BCUT2D eigenvalue weighted by atomic mass is 32.2. The molecule has 2 rings (SSSR count). The molecule has 0 aliphatic carbocycles. The Morgan fingerprint density at radius 1 is 1.44 bits per heavy atom. The van der Waals surface area contributed by atoms with Crippen LogP contribution in [-0.4, -0.2) is 16.7 Å². The van der Waals surface area contributed by atoms with E-state index in [1.165, 1.54) is 23.9 Å². The van der Waals surface area contributed by atoms with Crippen molar-refractivity contribution in [2.24, 2.45) is 4.99 Å². The molecule has 1 aliphatic rings. The summed E-state index contributed by atoms with van der Waals surface area (Å²) in [6, 6.07) is 6.48. The van der Waals surface area contributed by atoms with Gasteiger partial charge in [0, 0.05) is 6.42 Å². The maximum absolute atomic E-state index is 12.7. The van der Waals surface area contributed by atoms with Crippen LogP contribution in [0.5, 0.6) is 0 Å². The molecule has 4 heteroatoms. The SMILES string of the molecule is C[C@H](CC1=NC(=O)CS1)c1ccc(F)cc1. The van der Waals surface area contributed by atoms with Crippen molar-refractivity contribution in [2.75, 3.05) is 5.75 Å². The fourth-order valence-electron chi connectivity index (χ4n) is 1.62. The molecule has 1 aromatic carbocycles. The summed E-state index contributed by atoms with van der Waals surface area (Å²) in [6.07, 6.45) is 0.752. The molecule has 1 amide bonds. The molecule has 0 saturated heterocycles. The quantitative estimate of drug-likeness (QED) is 0.808. The standard InChI is InChI=1S/C12H12FNOS/c1-8(6-12-14-11(15)7-16-12)9-2-4-10(13)5-3-9/h2-5,8H,6-7H2,1H3/t8-/m1/s1. The summed E-state index contributed by atoms with van der Waals surface area (Å²) in [7, 11) is 0. The summed E-state index contributed by atoms with van der Waals surface area (Å²) in [6.45, 7) is 2.05. The Morgan fingerprint density at radius 2 is 2.12 bits per heavy atom. The Morgan fingerprint density at radius 3 is 2.69 bits per heavy atom. The molecule has 0 saturated carbocycles. The first-order valence-corrected chi connectivity index (χ1v) is 6.12. The van der Waals surface area contributed by atoms with Crippen LogP contribution in [0.3, 0.4) is 0 Å². The van der Waals surface area contributed by atoms with Crippen LogP contribution in [0, 0.1) is 5.82 Å². The molecule has 0 fully saturated rings. The van der Waals surface area contributed by atoms with Crippen molar-refractivity contribution in [2.45, 2.75) is 19.3 Å². The molecule has 2 nitrogen and oxygen atoms in total. The number of rotatable bonds is 3. The van der Waals surface area contributed by atoms with Crippen LogP contribution in [0.25, 0.3) is 0 Å². The Kier molecular flexibility index (Phi) is 3.39. The van der Waals surface area contributed by atoms with Gasteiger partial charge in [0.25, 0.3) is 5.91 Å². The number of thioether (sulfide) groups is 1. The molecule has 84 valence electrons. The molecule has 0 radical (unpaired) electrons. The highest BCUT2D eigenvalue weighted by Crippen LogP contribution is 2.25. The molecule has 0 bridgehead atoms. The van der Waals surface area contributed by atoms with Gasteiger partial charge < -0.3 is 0 Å². The Bertz CT molecular complexity index is 427. The van der Waals surface area contributed by atoms with Gasteiger partial charge >= 0.3 is 0 Å². The maximum atomic E-state index is 12.7. The van der Waals surface area contributed by atoms with Gasteiger partial charge in [-0.15, -0.1) is 11.8 Å². The lowest BCUT2D eigenvalue weighted by atomic mass is 9.98. The molecular weight excluding hydrogens is 225 g/mol. The van der Waals surface area contributed by atoms with Crippen LogP contribution in [0.4, 0.5) is 4.39 Å². The third-order valence-electron chi connectivity index (χ3n) is 2.53. The maximum Gasteiger partial charge on any atom is 0.256 e. The molecule has 0 unspecified atom stereocenters. The number of aliphatic imine (C=N–C) groups is 1. The van der Waals surface area contributed by atoms with E-state index < -0.39 is 0 Å². The van der Waals surface area contributed by atoms with Crippen molar-refractivity contribution in [3.63, 3.8) is 0 Å². The second-order valence-electron chi connectivity index (χ2n) is 3.84. The number of carbonyl (C=O) groups is 1. The van der Waals surface area contributed by atoms with E-state index in [2.05, 4.69) is 11.9 Å². The van der Waals surface area contributed by atoms with Gasteiger partial charge in [-0.05, 0) is 23.6 Å². The van der Waals surface area contributed by atoms with E-state index in [0.29, 0.717) is 5.75 Å². The van der Waals surface area contributed by atoms with E-state index in [9.17, 15) is 9.18 Å². The third-order valence-corrected chi connectivity index (χ3v) is 3.51. The van der Waals surface area contributed by atoms with Gasteiger partial charge in [0.2, 0.25) is 0 Å². The monoisotopic (exact) mass is 237 g/mol. The zero-order valence-corrected chi connectivity index (χ0v) is 9.76. The van der Waals surface area contributed by atoms with Gasteiger partial charge in [-0.3, -0.25) is 4.79 Å². The normalized spacial score (nSPS) is 17.4. The predicted octanol–water partition coefficient (Wildman–Crippen LogP) is 2.99. The van der Waals surface area contributed by atoms with Gasteiger partial charge in [0.05, 0.1) is 10.8 Å². The van der Waals surface area contributed by atoms with Crippen molar-refractivity contribution in [3.05, 3.63) is 35.6 Å². The van der Waals surface area contributed by atoms with Crippen LogP contribution >= 0.6 is 11.8 Å². The molecule has 1 atom stereocenters. The summed E-state index contributed by atoms with van der Waals surface area (Å²) in [5.74, 6) is 0.452. The number of hydrogen-bond acceptors (Lipinski definition) is 2. The second-order valence-corrected chi connectivity index (χ2v) is 4.89. The van der Waals surface area contributed by atoms with Crippen molar-refractivity contribution >= 4 is 22.7 Å². The number of amides is 1. The number of hydrogen-bond donors (Lipinski definition) is 0. The van der Waals surface area contributed by atoms with Crippen LogP contribution in [-0.2, 0) is 4.79 Å². The summed E-state index contributed by atoms with van der Waals surface area (Å²) in [5, 5.41) is 0.891. The summed E-state index contributed by atoms with van der Waals surface area (Å²) < 4.78 is 12.7. The van der Waals surface area contributed by atoms with Gasteiger partial charge in [0.1, 0.15) is 5.82 Å². The molecule has 16 heavy (non-hydrogen) atoms. The smallest absolute Gasteiger partial charge is 0.256 e. The molecular formula is C12H12FNOS. The van der Waals surface area contributed by atoms with Crippen molar-refractivity contribution < 1.29 is 9.18 Å². The zero-order chi connectivity index (χ0) is 11.5. The van der Waals surface area contributed by atoms with Crippen molar-refractivity contribution in [1.82, 2.24) is 0 Å². The van der Waals surface area contributed by atoms with E-state index in [1.807, 2.05) is 0 Å². The number of benzene rings is 1. The fraction of sp³-hybridized carbons (Fsp3) is 0.333. The average molecular weight is 237 g/mol. The van der Waals surface area contributed by atoms with Crippen molar-refractivity contribution in [3.8, 4) is 0 Å². The molecule has 1 heterocycles. The minimum atomic E-state index is -0.223. The average Bonchev–Trinajstić information content (AvgIpc) is 2.65. The second kappa shape index (κ2) is 4.78. The summed E-state index contributed by atoms with van der Waals surface area (Å²) >= 11 is 1.50. The van der Waals surface area contributed by atoms with Gasteiger partial charge in [-0.1, -0.05) is 19.1 Å². The van der Waals surface area contributed by atoms with Crippen LogP contribution in [0.15, 0.2) is 29.3 Å². The first-order chi connectivity index (χ1) is 7.65. The van der Waals surface area contributed by atoms with Gasteiger partial charge in [0.15, 0.2) is 0 Å². The van der Waals surface area contributed by atoms with Crippen LogP contribution in [0.2, 0.25) is 0 Å². The lowest BCUT2D eigenvalue weighted by Gasteiger charge is -2.10. The highest BCUT2D eigenvalue weighted by molar-refractivity contribution is 8.15. The molecule has 1 aromatic rings. The number of halogens is 1. The minimum Gasteiger partial charge on any atom is -0.272 e. The molecule has 0 spiro atoms. The van der Waals surface area contributed by atoms with E-state index in [-0.39, 0.29) is 17.6 Å². The number of nitrogens with zero attached hydrogens (tertiary/aromatic N) is 1. The first-order valence-electron chi connectivity index (χ1n) is 5.14. The Labute approximate surface area is 98.0 Å². The van der Waals surface area contributed by atoms with E-state index in [4.69, 9.17) is 0 Å². The molecule has 1 aliphatic heterocycles. The Hall–Kier alpha value is -1.16. The lowest BCUT2D eigenvalue weighted by Crippen LogP contribution is -1.99. The van der Waals surface area contributed by atoms with Gasteiger partial charge in [-0.25, -0.2) is 9.38 Å². The van der Waals surface area contributed by atoms with Crippen molar-refractivity contribution in [1.29, 1.82) is 0 Å². The third kappa shape index (κ3) is 2.70. The lowest BCUT2D eigenvalue weighted by molar-refractivity contribution is -0.115. The van der Waals surface area contributed by atoms with E-state index in [0.717, 1.165) is 17.0 Å². The molecule has 0 N–H and O–H groups in total. The largest absolute Gasteiger partial charge is 0.272 e. The highest BCUT2D eigenvalue weighted by Gasteiger charge is 2.17. The first kappa shape index (κ1) is 11.3. The minimum absolute atomic E-state index is 0.0497. The summed E-state index contributed by atoms with van der Waals surface area (Å²) in [4.78, 5) is 14.9. The topological polar surface area (TPSA) is 29.4 Å². The van der Waals surface area contributed by atoms with Gasteiger partial charge in [-0.2, -0.15) is 0 Å². The zero-order valence-electron chi connectivity index (χ0n) is 8.94. The predicted molar refractivity (Wildman–Crippen MR) is 64.3 cm³/mol. The van der Waals surface area contributed by atoms with Crippen LogP contribution < -0.4 is 0 Å². The van der Waals surface area contributed by atoms with E-state index in [1.54, 1.807) is 12.1 Å². The summed E-state index contributed by atoms with van der Waals surface area (Å²) in [5.41, 5.74) is 1.07. The number of carbonyl (C=O) groups excluding carboxylic acids is 1. The van der Waals surface area contributed by atoms with E-state index >= 15 is 0 Å². The Balaban J connectivity index is 2.03. The van der Waals surface area contributed by atoms with Crippen LogP contribution in [0.1, 0.15) is 24.8 Å². The molecule has 0 aromatic heterocycles. The fourth-order valence-corrected chi connectivity index (χ4v) is 2.51.